The quantitative estimate of drug-likeness (QED) is 0.720. The molecule has 1 amide bonds. The number of hydrogen-bond acceptors (Lipinski definition) is 4. The number of hydrogen-bond donors (Lipinski definition) is 2. The molecule has 0 bridgehead atoms. The lowest BCUT2D eigenvalue weighted by Crippen LogP contribution is -2.27. The Labute approximate surface area is 145 Å². The van der Waals surface area contributed by atoms with Gasteiger partial charge in [0.2, 0.25) is 0 Å². The maximum absolute atomic E-state index is 12.8. The van der Waals surface area contributed by atoms with Gasteiger partial charge in [-0.2, -0.15) is 5.10 Å². The van der Waals surface area contributed by atoms with Crippen molar-refractivity contribution in [3.05, 3.63) is 69.7 Å². The van der Waals surface area contributed by atoms with Crippen LogP contribution >= 0.6 is 11.3 Å². The number of nitrogens with one attached hydrogen (secondary N) is 2. The van der Waals surface area contributed by atoms with Crippen molar-refractivity contribution in [2.45, 2.75) is 20.0 Å². The van der Waals surface area contributed by atoms with Gasteiger partial charge in [0.1, 0.15) is 0 Å². The highest BCUT2D eigenvalue weighted by Crippen LogP contribution is 2.21. The van der Waals surface area contributed by atoms with Gasteiger partial charge < -0.3 is 10.2 Å². The number of anilines is 1. The summed E-state index contributed by atoms with van der Waals surface area (Å²) in [6, 6.07) is 11.6. The van der Waals surface area contributed by atoms with E-state index in [-0.39, 0.29) is 5.91 Å². The fourth-order valence-electron chi connectivity index (χ4n) is 2.49. The molecular formula is C18H20N4OS. The summed E-state index contributed by atoms with van der Waals surface area (Å²) in [6.07, 6.45) is 1.69. The van der Waals surface area contributed by atoms with Crippen LogP contribution in [0.5, 0.6) is 0 Å². The van der Waals surface area contributed by atoms with E-state index in [0.717, 1.165) is 17.9 Å². The van der Waals surface area contributed by atoms with Gasteiger partial charge in [0.05, 0.1) is 17.8 Å². The molecule has 24 heavy (non-hydrogen) atoms. The van der Waals surface area contributed by atoms with Crippen LogP contribution < -0.4 is 5.32 Å². The number of carbonyl (C=O) groups is 1. The van der Waals surface area contributed by atoms with Crippen LogP contribution in [0.3, 0.4) is 0 Å². The smallest absolute Gasteiger partial charge is 0.256 e. The molecular weight excluding hydrogens is 320 g/mol. The molecule has 0 aliphatic carbocycles. The van der Waals surface area contributed by atoms with Gasteiger partial charge in [0, 0.05) is 30.4 Å². The summed E-state index contributed by atoms with van der Waals surface area (Å²) in [5, 5.41) is 12.3. The first-order valence-corrected chi connectivity index (χ1v) is 8.62. The first-order valence-electron chi connectivity index (χ1n) is 7.74. The molecule has 6 heteroatoms. The van der Waals surface area contributed by atoms with E-state index in [1.807, 2.05) is 30.3 Å². The van der Waals surface area contributed by atoms with Crippen molar-refractivity contribution >= 4 is 22.9 Å². The number of aryl methyl sites for hydroxylation is 1. The molecule has 3 aromatic rings. The lowest BCUT2D eigenvalue weighted by molar-refractivity contribution is 0.0784. The third-order valence-corrected chi connectivity index (χ3v) is 4.90. The maximum Gasteiger partial charge on any atom is 0.256 e. The Hall–Kier alpha value is -2.60. The Bertz CT molecular complexity index is 810. The van der Waals surface area contributed by atoms with E-state index in [1.54, 1.807) is 29.5 Å². The summed E-state index contributed by atoms with van der Waals surface area (Å²) in [4.78, 5) is 15.7. The van der Waals surface area contributed by atoms with E-state index in [0.29, 0.717) is 12.1 Å². The van der Waals surface area contributed by atoms with Gasteiger partial charge in [-0.05, 0) is 42.1 Å². The number of amides is 1. The van der Waals surface area contributed by atoms with Crippen LogP contribution in [0.15, 0.2) is 48.0 Å². The number of nitrogens with zero attached hydrogens (tertiary/aromatic N) is 2. The molecule has 2 N–H and O–H groups in total. The number of aromatic nitrogens is 2. The van der Waals surface area contributed by atoms with Crippen LogP contribution in [0.2, 0.25) is 0 Å². The largest absolute Gasteiger partial charge is 0.379 e. The van der Waals surface area contributed by atoms with Crippen molar-refractivity contribution < 1.29 is 4.79 Å². The Morgan fingerprint density at radius 2 is 2.12 bits per heavy atom. The van der Waals surface area contributed by atoms with Crippen LogP contribution in [0.25, 0.3) is 0 Å². The number of thiophene rings is 1. The number of H-pyrrole nitrogens is 1. The van der Waals surface area contributed by atoms with Crippen molar-refractivity contribution in [1.82, 2.24) is 15.1 Å². The molecule has 124 valence electrons. The predicted molar refractivity (Wildman–Crippen MR) is 97.2 cm³/mol. The molecule has 1 aromatic carbocycles. The summed E-state index contributed by atoms with van der Waals surface area (Å²) in [7, 11) is 1.80. The Morgan fingerprint density at radius 1 is 1.29 bits per heavy atom. The second-order valence-corrected chi connectivity index (χ2v) is 6.67. The molecule has 2 aromatic heterocycles. The molecule has 0 aliphatic rings. The van der Waals surface area contributed by atoms with Crippen LogP contribution in [0, 0.1) is 6.92 Å². The molecule has 2 heterocycles. The molecule has 3 rings (SSSR count). The van der Waals surface area contributed by atoms with E-state index >= 15 is 0 Å². The predicted octanol–water partition coefficient (Wildman–Crippen LogP) is 3.66. The molecule has 0 spiro atoms. The molecule has 0 saturated carbocycles. The van der Waals surface area contributed by atoms with Gasteiger partial charge in [0.25, 0.3) is 5.91 Å². The minimum absolute atomic E-state index is 0.0180. The van der Waals surface area contributed by atoms with Crippen LogP contribution in [0.4, 0.5) is 5.69 Å². The zero-order valence-corrected chi connectivity index (χ0v) is 14.6. The van der Waals surface area contributed by atoms with Gasteiger partial charge in [-0.25, -0.2) is 0 Å². The fraction of sp³-hybridized carbons (Fsp3) is 0.222. The molecule has 0 atom stereocenters. The first kappa shape index (κ1) is 16.3. The van der Waals surface area contributed by atoms with Gasteiger partial charge in [-0.15, -0.1) is 11.3 Å². The molecule has 0 aliphatic heterocycles. The maximum atomic E-state index is 12.8. The number of aromatic amines is 1. The normalized spacial score (nSPS) is 10.6. The van der Waals surface area contributed by atoms with Crippen molar-refractivity contribution in [2.24, 2.45) is 0 Å². The minimum atomic E-state index is -0.0180. The average Bonchev–Trinajstić information content (AvgIpc) is 3.24. The zero-order valence-electron chi connectivity index (χ0n) is 13.7. The first-order chi connectivity index (χ1) is 11.6. The summed E-state index contributed by atoms with van der Waals surface area (Å²) in [5.74, 6) is -0.0180. The number of carbonyl (C=O) groups excluding carboxylic acids is 1. The Kier molecular flexibility index (Phi) is 4.96. The van der Waals surface area contributed by atoms with Crippen molar-refractivity contribution in [3.8, 4) is 0 Å². The number of rotatable bonds is 6. The van der Waals surface area contributed by atoms with E-state index in [4.69, 9.17) is 0 Å². The number of benzene rings is 1. The minimum Gasteiger partial charge on any atom is -0.379 e. The van der Waals surface area contributed by atoms with E-state index in [2.05, 4.69) is 33.9 Å². The molecule has 0 radical (unpaired) electrons. The van der Waals surface area contributed by atoms with Gasteiger partial charge in [-0.3, -0.25) is 9.89 Å². The molecule has 0 saturated heterocycles. The molecule has 0 unspecified atom stereocenters. The Balaban J connectivity index is 1.73. The third-order valence-electron chi connectivity index (χ3n) is 3.88. The fourth-order valence-corrected chi connectivity index (χ4v) is 3.34. The van der Waals surface area contributed by atoms with Gasteiger partial charge in [-0.1, -0.05) is 12.1 Å². The average molecular weight is 340 g/mol. The van der Waals surface area contributed by atoms with Crippen LogP contribution in [-0.2, 0) is 13.1 Å². The zero-order chi connectivity index (χ0) is 16.9. The summed E-state index contributed by atoms with van der Waals surface area (Å²) >= 11 is 1.72. The van der Waals surface area contributed by atoms with Crippen molar-refractivity contribution in [3.63, 3.8) is 0 Å². The second kappa shape index (κ2) is 7.31. The Morgan fingerprint density at radius 3 is 2.83 bits per heavy atom. The second-order valence-electron chi connectivity index (χ2n) is 5.67. The van der Waals surface area contributed by atoms with Crippen LogP contribution in [-0.4, -0.2) is 28.1 Å². The van der Waals surface area contributed by atoms with Crippen molar-refractivity contribution in [2.75, 3.05) is 12.4 Å². The third kappa shape index (κ3) is 3.65. The van der Waals surface area contributed by atoms with Gasteiger partial charge >= 0.3 is 0 Å². The lowest BCUT2D eigenvalue weighted by Gasteiger charge is -2.19. The van der Waals surface area contributed by atoms with E-state index in [9.17, 15) is 4.79 Å². The number of para-hydroxylation sites is 1. The molecule has 0 fully saturated rings. The monoisotopic (exact) mass is 340 g/mol. The summed E-state index contributed by atoms with van der Waals surface area (Å²) in [5.41, 5.74) is 3.71. The van der Waals surface area contributed by atoms with E-state index < -0.39 is 0 Å². The summed E-state index contributed by atoms with van der Waals surface area (Å²) in [6.45, 7) is 3.32. The highest BCUT2D eigenvalue weighted by atomic mass is 32.1. The highest BCUT2D eigenvalue weighted by Gasteiger charge is 2.16. The SMILES string of the molecule is Cc1ccsc1CNc1ccccc1C(=O)N(C)Cc1ccn[nH]1. The standard InChI is InChI=1S/C18H20N4OS/c1-13-8-10-24-17(13)11-19-16-6-4-3-5-15(16)18(23)22(2)12-14-7-9-20-21-14/h3-10,19H,11-12H2,1-2H3,(H,20,21). The lowest BCUT2D eigenvalue weighted by atomic mass is 10.1. The van der Waals surface area contributed by atoms with E-state index in [1.165, 1.54) is 10.4 Å². The van der Waals surface area contributed by atoms with Crippen LogP contribution in [0.1, 0.15) is 26.5 Å². The molecule has 5 nitrogen and oxygen atoms in total. The van der Waals surface area contributed by atoms with Gasteiger partial charge in [0.15, 0.2) is 0 Å². The topological polar surface area (TPSA) is 61.0 Å². The highest BCUT2D eigenvalue weighted by molar-refractivity contribution is 7.10. The van der Waals surface area contributed by atoms with Crippen molar-refractivity contribution in [1.29, 1.82) is 0 Å². The summed E-state index contributed by atoms with van der Waals surface area (Å²) < 4.78 is 0.